The molecule has 3 heterocycles. The molecule has 12 N–H and O–H groups in total. The molecular formula is C67H73N15O16S3. The third-order valence-corrected chi connectivity index (χ3v) is 18.5. The molecule has 6 aromatic carbocycles. The van der Waals surface area contributed by atoms with Gasteiger partial charge in [-0.3, -0.25) is 24.0 Å². The highest BCUT2D eigenvalue weighted by Gasteiger charge is 2.17. The van der Waals surface area contributed by atoms with Crippen LogP contribution in [-0.2, 0) is 53.4 Å². The Morgan fingerprint density at radius 3 is 0.931 bits per heavy atom. The van der Waals surface area contributed by atoms with E-state index in [4.69, 9.17) is 20.7 Å². The molecule has 101 heavy (non-hydrogen) atoms. The van der Waals surface area contributed by atoms with Crippen LogP contribution in [0.25, 0.3) is 0 Å². The fraction of sp³-hybridized carbons (Fsp3) is 0.194. The summed E-state index contributed by atoms with van der Waals surface area (Å²) in [6, 6.07) is 43.8. The molecule has 0 saturated heterocycles. The first-order valence-corrected chi connectivity index (χ1v) is 35.6. The van der Waals surface area contributed by atoms with Crippen molar-refractivity contribution in [2.75, 3.05) is 82.0 Å². The molecule has 0 aliphatic rings. The van der Waals surface area contributed by atoms with Crippen molar-refractivity contribution in [1.82, 2.24) is 40.5 Å². The average Bonchev–Trinajstić information content (AvgIpc) is 0.856. The van der Waals surface area contributed by atoms with Gasteiger partial charge in [0, 0.05) is 63.5 Å². The van der Waals surface area contributed by atoms with Crippen molar-refractivity contribution in [1.29, 1.82) is 0 Å². The second-order valence-corrected chi connectivity index (χ2v) is 27.4. The maximum Gasteiger partial charge on any atom is 0.335 e. The van der Waals surface area contributed by atoms with Crippen LogP contribution in [0.4, 0.5) is 69.0 Å². The number of aromatic nitrogens is 6. The number of aromatic carboxylic acids is 1. The van der Waals surface area contributed by atoms with Gasteiger partial charge in [-0.05, 0) is 141 Å². The molecular weight excluding hydrogens is 1370 g/mol. The maximum atomic E-state index is 12.1. The van der Waals surface area contributed by atoms with Gasteiger partial charge in [-0.25, -0.2) is 60.0 Å². The number of carbonyl (C=O) groups is 6. The number of carboxylic acids is 2. The first-order valence-electron chi connectivity index (χ1n) is 30.6. The van der Waals surface area contributed by atoms with Gasteiger partial charge < -0.3 is 68.0 Å². The van der Waals surface area contributed by atoms with E-state index in [-0.39, 0.29) is 69.1 Å². The number of amides is 2. The van der Waals surface area contributed by atoms with Gasteiger partial charge in [-0.1, -0.05) is 39.0 Å². The minimum Gasteiger partial charge on any atom is -0.480 e. The molecule has 31 nitrogen and oxygen atoms in total. The zero-order chi connectivity index (χ0) is 73.5. The van der Waals surface area contributed by atoms with Crippen LogP contribution in [0.1, 0.15) is 65.7 Å². The minimum atomic E-state index is -3.32. The van der Waals surface area contributed by atoms with E-state index in [1.165, 1.54) is 31.1 Å². The molecule has 3 aromatic heterocycles. The molecule has 2 amide bonds. The topological polar surface area (TPSA) is 463 Å². The number of hydrogen-bond donors (Lipinski definition) is 11. The number of sulfone groups is 3. The van der Waals surface area contributed by atoms with Crippen LogP contribution in [0.3, 0.4) is 0 Å². The first-order chi connectivity index (χ1) is 48.2. The highest BCUT2D eigenvalue weighted by molar-refractivity contribution is 7.92. The summed E-state index contributed by atoms with van der Waals surface area (Å²) in [5.41, 5.74) is 9.54. The molecule has 0 unspecified atom stereocenters. The van der Waals surface area contributed by atoms with E-state index in [1.807, 2.05) is 0 Å². The number of ether oxygens (including phenoxy) is 2. The van der Waals surface area contributed by atoms with Gasteiger partial charge in [0.1, 0.15) is 67.0 Å². The lowest BCUT2D eigenvalue weighted by atomic mass is 10.2. The Morgan fingerprint density at radius 1 is 0.376 bits per heavy atom. The van der Waals surface area contributed by atoms with Gasteiger partial charge in [-0.15, -0.1) is 0 Å². The summed E-state index contributed by atoms with van der Waals surface area (Å²) in [5, 5.41) is 40.8. The summed E-state index contributed by atoms with van der Waals surface area (Å²) in [6.07, 6.45) is 4.09. The van der Waals surface area contributed by atoms with E-state index < -0.39 is 59.9 Å². The Hall–Kier alpha value is -12.0. The minimum absolute atomic E-state index is 0.0119. The van der Waals surface area contributed by atoms with Gasteiger partial charge in [0.05, 0.1) is 57.3 Å². The Morgan fingerprint density at radius 2 is 0.663 bits per heavy atom. The molecule has 9 aromatic rings. The van der Waals surface area contributed by atoms with E-state index >= 15 is 0 Å². The van der Waals surface area contributed by atoms with E-state index in [9.17, 15) is 54.0 Å². The molecule has 0 atom stereocenters. The van der Waals surface area contributed by atoms with Gasteiger partial charge in [0.15, 0.2) is 29.5 Å². The number of nitrogens with two attached hydrogens (primary N) is 1. The second-order valence-electron chi connectivity index (χ2n) is 20.5. The molecule has 0 aliphatic carbocycles. The summed E-state index contributed by atoms with van der Waals surface area (Å²) in [4.78, 5) is 92.5. The molecule has 0 bridgehead atoms. The standard InChI is InChI=1S/C23H25N5O5S.C21H21N5O5S.C19H18N4O4S.C4H9NO2/c1-3-33-22(29)14-24-23(30)16-8-10-17(11-9-16)27-20-13-21(26-15-25-20)28-18-6-5-7-19(12-18)34(31,32)4-2;1-2-32(30,31)17-5-3-4-16(10-17)26-19-11-18(23-13-24-19)25-15-8-6-14(7-9-15)21(29)22-12-20(27)28;1-2-28(26,27)16-5-3-4-15(10-16)23-18-11-17(20-12-21-18)22-14-8-6-13(7-9-14)19(24)25;1-2-7-4(6)3-5/h5-13,15H,3-4,14H2,1-2H3,(H,24,30)(H2,25,26,27,28);3-11,13H,2,12H2,1H3,(H,22,29)(H,27,28)(H2,23,24,25,26);3-12H,2H2,1H3,(H,24,25)(H2,20,21,22,23);2-3,5H2,1H3. The Balaban J connectivity index is 0.000000228. The highest BCUT2D eigenvalue weighted by Crippen LogP contribution is 2.27. The van der Waals surface area contributed by atoms with Crippen LogP contribution < -0.4 is 48.3 Å². The number of rotatable bonds is 28. The molecule has 0 aliphatic heterocycles. The number of esters is 2. The fourth-order valence-electron chi connectivity index (χ4n) is 8.22. The highest BCUT2D eigenvalue weighted by atomic mass is 32.2. The van der Waals surface area contributed by atoms with Gasteiger partial charge in [0.25, 0.3) is 11.8 Å². The quantitative estimate of drug-likeness (QED) is 0.0204. The van der Waals surface area contributed by atoms with Crippen molar-refractivity contribution in [2.45, 2.75) is 49.3 Å². The first kappa shape index (κ1) is 78.0. The lowest BCUT2D eigenvalue weighted by Gasteiger charge is -2.10. The largest absolute Gasteiger partial charge is 0.480 e. The van der Waals surface area contributed by atoms with Crippen LogP contribution >= 0.6 is 0 Å². The number of aliphatic carboxylic acids is 1. The van der Waals surface area contributed by atoms with Crippen LogP contribution in [0.15, 0.2) is 197 Å². The molecule has 34 heteroatoms. The van der Waals surface area contributed by atoms with Crippen molar-refractivity contribution in [3.63, 3.8) is 0 Å². The summed E-state index contributed by atoms with van der Waals surface area (Å²) in [5.74, 6) is -0.905. The molecule has 0 saturated carbocycles. The SMILES string of the molecule is CCOC(=O)CN.CCOC(=O)CNC(=O)c1ccc(Nc2cc(Nc3cccc(S(=O)(=O)CC)c3)ncn2)cc1.CCS(=O)(=O)c1cccc(Nc2cc(Nc3ccc(C(=O)NCC(=O)O)cc3)ncn2)c1.CCS(=O)(=O)c1cccc(Nc2cc(Nc3ccc(C(=O)O)cc3)ncn2)c1. The summed E-state index contributed by atoms with van der Waals surface area (Å²) in [7, 11) is -9.94. The summed E-state index contributed by atoms with van der Waals surface area (Å²) < 4.78 is 81.7. The fourth-order valence-corrected chi connectivity index (χ4v) is 11.0. The van der Waals surface area contributed by atoms with Crippen LogP contribution in [0.5, 0.6) is 0 Å². The zero-order valence-electron chi connectivity index (χ0n) is 55.1. The number of benzene rings is 6. The number of nitrogens with one attached hydrogen (secondary N) is 8. The van der Waals surface area contributed by atoms with Gasteiger partial charge >= 0.3 is 23.9 Å². The van der Waals surface area contributed by atoms with Crippen molar-refractivity contribution in [3.8, 4) is 0 Å². The van der Waals surface area contributed by atoms with E-state index in [1.54, 1.807) is 186 Å². The normalized spacial score (nSPS) is 10.8. The van der Waals surface area contributed by atoms with E-state index in [0.29, 0.717) is 86.8 Å². The van der Waals surface area contributed by atoms with Crippen LogP contribution in [-0.4, -0.2) is 151 Å². The van der Waals surface area contributed by atoms with Crippen molar-refractivity contribution < 1.29 is 73.7 Å². The predicted molar refractivity (Wildman–Crippen MR) is 379 cm³/mol. The molecule has 530 valence electrons. The second kappa shape index (κ2) is 38.2. The Labute approximate surface area is 582 Å². The molecule has 0 radical (unpaired) electrons. The van der Waals surface area contributed by atoms with Gasteiger partial charge in [-0.2, -0.15) is 0 Å². The van der Waals surface area contributed by atoms with Crippen molar-refractivity contribution in [3.05, 3.63) is 199 Å². The maximum absolute atomic E-state index is 12.1. The summed E-state index contributed by atoms with van der Waals surface area (Å²) >= 11 is 0. The number of hydrogen-bond acceptors (Lipinski definition) is 27. The lowest BCUT2D eigenvalue weighted by molar-refractivity contribution is -0.142. The Kier molecular flexibility index (Phi) is 29.5. The number of carbonyl (C=O) groups excluding carboxylic acids is 4. The molecule has 0 spiro atoms. The zero-order valence-corrected chi connectivity index (χ0v) is 57.5. The summed E-state index contributed by atoms with van der Waals surface area (Å²) in [6.45, 7) is 8.22. The lowest BCUT2D eigenvalue weighted by Crippen LogP contribution is -2.30. The van der Waals surface area contributed by atoms with Crippen LogP contribution in [0, 0.1) is 0 Å². The predicted octanol–water partition coefficient (Wildman–Crippen LogP) is 8.59. The van der Waals surface area contributed by atoms with E-state index in [2.05, 4.69) is 77.2 Å². The smallest absolute Gasteiger partial charge is 0.335 e. The number of anilines is 12. The monoisotopic (exact) mass is 1440 g/mol. The third kappa shape index (κ3) is 25.7. The van der Waals surface area contributed by atoms with Crippen molar-refractivity contribution >= 4 is 134 Å². The number of nitrogens with zero attached hydrogens (tertiary/aromatic N) is 6. The van der Waals surface area contributed by atoms with E-state index in [0.717, 1.165) is 0 Å². The average molecular weight is 1440 g/mol. The Bertz CT molecular complexity index is 4680. The van der Waals surface area contributed by atoms with Gasteiger partial charge in [0.2, 0.25) is 0 Å². The van der Waals surface area contributed by atoms with Crippen molar-refractivity contribution in [2.24, 2.45) is 5.73 Å². The third-order valence-electron chi connectivity index (χ3n) is 13.4. The molecule has 0 fully saturated rings. The number of carboxylic acid groups (broad SMARTS) is 2. The van der Waals surface area contributed by atoms with Crippen LogP contribution in [0.2, 0.25) is 0 Å². The molecule has 9 rings (SSSR count).